The molecule has 27 heavy (non-hydrogen) atoms. The van der Waals surface area contributed by atoms with E-state index in [1.807, 2.05) is 30.3 Å². The SMILES string of the molecule is CCn1c2ccccc2c2cc(NC(C(N)=O)c3ccc(F)cc3)ccc21. The Morgan fingerprint density at radius 3 is 2.44 bits per heavy atom. The Bertz CT molecular complexity index is 1130. The van der Waals surface area contributed by atoms with E-state index in [1.165, 1.54) is 17.6 Å². The number of carbonyl (C=O) groups excluding carboxylic acids is 1. The fourth-order valence-electron chi connectivity index (χ4n) is 3.62. The van der Waals surface area contributed by atoms with Crippen molar-refractivity contribution in [1.82, 2.24) is 4.57 Å². The highest BCUT2D eigenvalue weighted by Gasteiger charge is 2.18. The predicted octanol–water partition coefficient (Wildman–Crippen LogP) is 4.59. The van der Waals surface area contributed by atoms with E-state index in [-0.39, 0.29) is 5.82 Å². The smallest absolute Gasteiger partial charge is 0.244 e. The Kier molecular flexibility index (Phi) is 4.28. The van der Waals surface area contributed by atoms with Crippen LogP contribution in [0.5, 0.6) is 0 Å². The van der Waals surface area contributed by atoms with Gasteiger partial charge in [0.15, 0.2) is 0 Å². The van der Waals surface area contributed by atoms with Crippen LogP contribution in [0.25, 0.3) is 21.8 Å². The number of nitrogens with one attached hydrogen (secondary N) is 1. The quantitative estimate of drug-likeness (QED) is 0.546. The van der Waals surface area contributed by atoms with E-state index in [0.29, 0.717) is 5.56 Å². The molecule has 4 nitrogen and oxygen atoms in total. The van der Waals surface area contributed by atoms with Crippen molar-refractivity contribution in [2.45, 2.75) is 19.5 Å². The molecule has 0 saturated heterocycles. The molecule has 1 aromatic heterocycles. The molecule has 4 rings (SSSR count). The summed E-state index contributed by atoms with van der Waals surface area (Å²) in [5.74, 6) is -0.867. The summed E-state index contributed by atoms with van der Waals surface area (Å²) in [6, 6.07) is 19.3. The normalized spacial score (nSPS) is 12.4. The minimum atomic E-state index is -0.734. The number of amides is 1. The van der Waals surface area contributed by atoms with Gasteiger partial charge in [-0.15, -0.1) is 0 Å². The summed E-state index contributed by atoms with van der Waals surface area (Å²) in [6.07, 6.45) is 0. The number of nitrogens with two attached hydrogens (primary N) is 1. The fourth-order valence-corrected chi connectivity index (χ4v) is 3.62. The van der Waals surface area contributed by atoms with Crippen molar-refractivity contribution in [3.8, 4) is 0 Å². The summed E-state index contributed by atoms with van der Waals surface area (Å²) < 4.78 is 15.5. The first kappa shape index (κ1) is 17.1. The molecule has 4 aromatic rings. The third-order valence-electron chi connectivity index (χ3n) is 4.89. The second-order valence-electron chi connectivity index (χ2n) is 6.52. The van der Waals surface area contributed by atoms with Crippen molar-refractivity contribution in [2.24, 2.45) is 5.73 Å². The van der Waals surface area contributed by atoms with Crippen LogP contribution >= 0.6 is 0 Å². The zero-order valence-electron chi connectivity index (χ0n) is 14.9. The number of carbonyl (C=O) groups is 1. The molecule has 5 heteroatoms. The van der Waals surface area contributed by atoms with E-state index in [4.69, 9.17) is 5.73 Å². The minimum absolute atomic E-state index is 0.351. The first-order valence-electron chi connectivity index (χ1n) is 8.91. The number of hydrogen-bond donors (Lipinski definition) is 2. The number of primary amides is 1. The van der Waals surface area contributed by atoms with E-state index in [2.05, 4.69) is 28.9 Å². The summed E-state index contributed by atoms with van der Waals surface area (Å²) >= 11 is 0. The van der Waals surface area contributed by atoms with Crippen molar-refractivity contribution in [2.75, 3.05) is 5.32 Å². The van der Waals surface area contributed by atoms with Crippen molar-refractivity contribution >= 4 is 33.4 Å². The molecule has 0 aliphatic carbocycles. The maximum absolute atomic E-state index is 13.2. The molecule has 0 saturated carbocycles. The lowest BCUT2D eigenvalue weighted by Crippen LogP contribution is -2.27. The monoisotopic (exact) mass is 361 g/mol. The number of halogens is 1. The van der Waals surface area contributed by atoms with Crippen LogP contribution in [-0.2, 0) is 11.3 Å². The van der Waals surface area contributed by atoms with Gasteiger partial charge in [0.1, 0.15) is 11.9 Å². The Balaban J connectivity index is 1.78. The van der Waals surface area contributed by atoms with E-state index < -0.39 is 11.9 Å². The molecule has 0 fully saturated rings. The number of fused-ring (bicyclic) bond motifs is 3. The molecule has 1 atom stereocenters. The van der Waals surface area contributed by atoms with Gasteiger partial charge in [-0.3, -0.25) is 4.79 Å². The zero-order valence-corrected chi connectivity index (χ0v) is 14.9. The molecular formula is C22H20FN3O. The first-order valence-corrected chi connectivity index (χ1v) is 8.91. The number of anilines is 1. The molecular weight excluding hydrogens is 341 g/mol. The van der Waals surface area contributed by atoms with Crippen LogP contribution in [-0.4, -0.2) is 10.5 Å². The Morgan fingerprint density at radius 1 is 1.04 bits per heavy atom. The van der Waals surface area contributed by atoms with E-state index >= 15 is 0 Å². The standard InChI is InChI=1S/C22H20FN3O/c1-2-26-19-6-4-3-5-17(19)18-13-16(11-12-20(18)26)25-21(22(24)27)14-7-9-15(23)10-8-14/h3-13,21,25H,2H2,1H3,(H2,24,27). The predicted molar refractivity (Wildman–Crippen MR) is 107 cm³/mol. The number of aryl methyl sites for hydroxylation is 1. The Labute approximate surface area is 156 Å². The number of para-hydroxylation sites is 1. The van der Waals surface area contributed by atoms with Crippen LogP contribution in [0.2, 0.25) is 0 Å². The van der Waals surface area contributed by atoms with Gasteiger partial charge < -0.3 is 15.6 Å². The highest BCUT2D eigenvalue weighted by Crippen LogP contribution is 2.32. The molecule has 0 aliphatic rings. The second-order valence-corrected chi connectivity index (χ2v) is 6.52. The Morgan fingerprint density at radius 2 is 1.74 bits per heavy atom. The molecule has 3 N–H and O–H groups in total. The topological polar surface area (TPSA) is 60.1 Å². The number of hydrogen-bond acceptors (Lipinski definition) is 2. The van der Waals surface area contributed by atoms with Gasteiger partial charge in [0, 0.05) is 34.0 Å². The van der Waals surface area contributed by atoms with Crippen molar-refractivity contribution in [3.05, 3.63) is 78.1 Å². The van der Waals surface area contributed by atoms with Gasteiger partial charge >= 0.3 is 0 Å². The van der Waals surface area contributed by atoms with Gasteiger partial charge in [0.05, 0.1) is 0 Å². The van der Waals surface area contributed by atoms with Crippen LogP contribution in [0.3, 0.4) is 0 Å². The van der Waals surface area contributed by atoms with E-state index in [1.54, 1.807) is 12.1 Å². The minimum Gasteiger partial charge on any atom is -0.370 e. The zero-order chi connectivity index (χ0) is 19.0. The highest BCUT2D eigenvalue weighted by atomic mass is 19.1. The third-order valence-corrected chi connectivity index (χ3v) is 4.89. The second kappa shape index (κ2) is 6.76. The number of rotatable bonds is 5. The summed E-state index contributed by atoms with van der Waals surface area (Å²) in [5, 5.41) is 5.47. The van der Waals surface area contributed by atoms with Gasteiger partial charge in [-0.1, -0.05) is 30.3 Å². The number of aromatic nitrogens is 1. The van der Waals surface area contributed by atoms with E-state index in [0.717, 1.165) is 28.5 Å². The van der Waals surface area contributed by atoms with Gasteiger partial charge in [-0.25, -0.2) is 4.39 Å². The fraction of sp³-hybridized carbons (Fsp3) is 0.136. The van der Waals surface area contributed by atoms with Gasteiger partial charge in [0.2, 0.25) is 5.91 Å². The summed E-state index contributed by atoms with van der Waals surface area (Å²) in [4.78, 5) is 12.0. The highest BCUT2D eigenvalue weighted by molar-refractivity contribution is 6.09. The molecule has 0 aliphatic heterocycles. The van der Waals surface area contributed by atoms with Gasteiger partial charge in [0.25, 0.3) is 0 Å². The largest absolute Gasteiger partial charge is 0.370 e. The lowest BCUT2D eigenvalue weighted by atomic mass is 10.1. The third kappa shape index (κ3) is 3.01. The molecule has 136 valence electrons. The first-order chi connectivity index (χ1) is 13.1. The molecule has 1 unspecified atom stereocenters. The maximum Gasteiger partial charge on any atom is 0.244 e. The Hall–Kier alpha value is -3.34. The summed E-state index contributed by atoms with van der Waals surface area (Å²) in [7, 11) is 0. The van der Waals surface area contributed by atoms with Gasteiger partial charge in [-0.2, -0.15) is 0 Å². The van der Waals surface area contributed by atoms with Crippen molar-refractivity contribution < 1.29 is 9.18 Å². The van der Waals surface area contributed by atoms with Crippen molar-refractivity contribution in [3.63, 3.8) is 0 Å². The molecule has 1 heterocycles. The molecule has 0 bridgehead atoms. The van der Waals surface area contributed by atoms with Crippen LogP contribution in [0.1, 0.15) is 18.5 Å². The lowest BCUT2D eigenvalue weighted by Gasteiger charge is -2.17. The molecule has 0 radical (unpaired) electrons. The average molecular weight is 361 g/mol. The van der Waals surface area contributed by atoms with Crippen molar-refractivity contribution in [1.29, 1.82) is 0 Å². The molecule has 1 amide bonds. The average Bonchev–Trinajstić information content (AvgIpc) is 3.00. The summed E-state index contributed by atoms with van der Waals surface area (Å²) in [5.41, 5.74) is 9.31. The maximum atomic E-state index is 13.2. The molecule has 3 aromatic carbocycles. The lowest BCUT2D eigenvalue weighted by molar-refractivity contribution is -0.118. The van der Waals surface area contributed by atoms with Crippen LogP contribution in [0, 0.1) is 5.82 Å². The van der Waals surface area contributed by atoms with Crippen LogP contribution in [0.4, 0.5) is 10.1 Å². The number of benzene rings is 3. The van der Waals surface area contributed by atoms with E-state index in [9.17, 15) is 9.18 Å². The summed E-state index contributed by atoms with van der Waals surface area (Å²) in [6.45, 7) is 2.99. The number of nitrogens with zero attached hydrogens (tertiary/aromatic N) is 1. The molecule has 0 spiro atoms. The van der Waals surface area contributed by atoms with Gasteiger partial charge in [-0.05, 0) is 48.9 Å². The van der Waals surface area contributed by atoms with Crippen LogP contribution in [0.15, 0.2) is 66.7 Å². The van der Waals surface area contributed by atoms with Crippen LogP contribution < -0.4 is 11.1 Å².